The average molecular weight is 337 g/mol. The van der Waals surface area contributed by atoms with Crippen LogP contribution in [0.25, 0.3) is 11.4 Å². The number of amides is 1. The number of primary amides is 1. The van der Waals surface area contributed by atoms with Crippen molar-refractivity contribution in [3.05, 3.63) is 71.1 Å². The average Bonchev–Trinajstić information content (AvgIpc) is 3.09. The summed E-state index contributed by atoms with van der Waals surface area (Å²) in [5, 5.41) is 3.90. The molecule has 0 bridgehead atoms. The predicted octanol–water partition coefficient (Wildman–Crippen LogP) is 2.50. The molecule has 3 rings (SSSR count). The normalized spacial score (nSPS) is 10.4. The van der Waals surface area contributed by atoms with Gasteiger partial charge in [-0.3, -0.25) is 4.79 Å². The first-order valence-electron chi connectivity index (χ1n) is 7.50. The first-order valence-corrected chi connectivity index (χ1v) is 7.50. The second-order valence-corrected chi connectivity index (χ2v) is 5.34. The molecule has 0 radical (unpaired) electrons. The van der Waals surface area contributed by atoms with Crippen LogP contribution in [-0.2, 0) is 11.3 Å². The minimum Gasteiger partial charge on any atom is -0.452 e. The van der Waals surface area contributed by atoms with E-state index in [4.69, 9.17) is 15.0 Å². The summed E-state index contributed by atoms with van der Waals surface area (Å²) in [6, 6.07) is 13.5. The van der Waals surface area contributed by atoms with Crippen molar-refractivity contribution in [3.63, 3.8) is 0 Å². The number of benzene rings is 2. The van der Waals surface area contributed by atoms with E-state index in [1.165, 1.54) is 24.3 Å². The Kier molecular flexibility index (Phi) is 4.56. The summed E-state index contributed by atoms with van der Waals surface area (Å²) in [5.41, 5.74) is 7.63. The molecule has 0 atom stereocenters. The number of hydrogen-bond donors (Lipinski definition) is 1. The summed E-state index contributed by atoms with van der Waals surface area (Å²) >= 11 is 0. The minimum absolute atomic E-state index is 0.144. The lowest BCUT2D eigenvalue weighted by atomic mass is 10.1. The van der Waals surface area contributed by atoms with Gasteiger partial charge in [0.1, 0.15) is 0 Å². The third-order valence-electron chi connectivity index (χ3n) is 3.59. The molecule has 0 fully saturated rings. The van der Waals surface area contributed by atoms with Crippen LogP contribution < -0.4 is 5.73 Å². The highest BCUT2D eigenvalue weighted by Gasteiger charge is 2.14. The third-order valence-corrected chi connectivity index (χ3v) is 3.59. The Morgan fingerprint density at radius 2 is 1.76 bits per heavy atom. The number of aromatic nitrogens is 2. The summed E-state index contributed by atoms with van der Waals surface area (Å²) < 4.78 is 10.3. The van der Waals surface area contributed by atoms with Crippen molar-refractivity contribution < 1.29 is 18.8 Å². The monoisotopic (exact) mass is 337 g/mol. The number of carbonyl (C=O) groups excluding carboxylic acids is 2. The fourth-order valence-corrected chi connectivity index (χ4v) is 2.23. The van der Waals surface area contributed by atoms with Crippen molar-refractivity contribution in [2.75, 3.05) is 0 Å². The molecular formula is C18H15N3O4. The van der Waals surface area contributed by atoms with Crippen LogP contribution in [0.1, 0.15) is 32.2 Å². The maximum absolute atomic E-state index is 12.0. The van der Waals surface area contributed by atoms with Gasteiger partial charge in [0.15, 0.2) is 6.61 Å². The zero-order chi connectivity index (χ0) is 17.8. The van der Waals surface area contributed by atoms with Crippen molar-refractivity contribution >= 4 is 11.9 Å². The number of esters is 1. The van der Waals surface area contributed by atoms with Gasteiger partial charge in [0, 0.05) is 11.1 Å². The number of rotatable bonds is 5. The van der Waals surface area contributed by atoms with Gasteiger partial charge in [-0.2, -0.15) is 4.98 Å². The van der Waals surface area contributed by atoms with Crippen molar-refractivity contribution in [3.8, 4) is 11.4 Å². The molecule has 0 saturated carbocycles. The van der Waals surface area contributed by atoms with Crippen molar-refractivity contribution in [2.45, 2.75) is 13.5 Å². The maximum Gasteiger partial charge on any atom is 0.338 e. The molecule has 2 aromatic carbocycles. The van der Waals surface area contributed by atoms with Crippen LogP contribution in [0.15, 0.2) is 53.1 Å². The summed E-state index contributed by atoms with van der Waals surface area (Å²) in [6.45, 7) is 1.80. The van der Waals surface area contributed by atoms with Crippen LogP contribution in [0.5, 0.6) is 0 Å². The van der Waals surface area contributed by atoms with Crippen LogP contribution >= 0.6 is 0 Å². The third kappa shape index (κ3) is 3.72. The molecule has 1 heterocycles. The topological polar surface area (TPSA) is 108 Å². The van der Waals surface area contributed by atoms with Gasteiger partial charge in [-0.1, -0.05) is 29.4 Å². The number of ether oxygens (including phenoxy) is 1. The van der Waals surface area contributed by atoms with Gasteiger partial charge < -0.3 is 15.0 Å². The van der Waals surface area contributed by atoms with Crippen LogP contribution in [0.4, 0.5) is 0 Å². The molecule has 0 aliphatic rings. The predicted molar refractivity (Wildman–Crippen MR) is 88.6 cm³/mol. The van der Waals surface area contributed by atoms with Crippen LogP contribution in [0.2, 0.25) is 0 Å². The van der Waals surface area contributed by atoms with E-state index in [-0.39, 0.29) is 12.5 Å². The molecule has 2 N–H and O–H groups in total. The highest BCUT2D eigenvalue weighted by Crippen LogP contribution is 2.20. The highest BCUT2D eigenvalue weighted by atomic mass is 16.6. The van der Waals surface area contributed by atoms with Crippen LogP contribution in [0.3, 0.4) is 0 Å². The number of hydrogen-bond acceptors (Lipinski definition) is 6. The Balaban J connectivity index is 1.65. The van der Waals surface area contributed by atoms with Gasteiger partial charge >= 0.3 is 5.97 Å². The number of nitrogens with two attached hydrogens (primary N) is 1. The second kappa shape index (κ2) is 6.96. The molecule has 0 unspecified atom stereocenters. The van der Waals surface area contributed by atoms with E-state index < -0.39 is 11.9 Å². The second-order valence-electron chi connectivity index (χ2n) is 5.34. The fraction of sp³-hybridized carbons (Fsp3) is 0.111. The van der Waals surface area contributed by atoms with E-state index in [2.05, 4.69) is 10.1 Å². The Bertz CT molecular complexity index is 916. The van der Waals surface area contributed by atoms with E-state index in [9.17, 15) is 9.59 Å². The number of carbonyl (C=O) groups is 2. The number of nitrogens with zero attached hydrogens (tertiary/aromatic N) is 2. The standard InChI is InChI=1S/C18H15N3O4/c1-11-4-2-3-5-14(11)17-20-15(25-21-17)10-24-18(23)13-8-6-12(7-9-13)16(19)22/h2-9H,10H2,1H3,(H2,19,22). The van der Waals surface area contributed by atoms with Gasteiger partial charge in [0.05, 0.1) is 5.56 Å². The van der Waals surface area contributed by atoms with E-state index in [0.717, 1.165) is 11.1 Å². The zero-order valence-corrected chi connectivity index (χ0v) is 13.4. The van der Waals surface area contributed by atoms with Crippen LogP contribution in [-0.4, -0.2) is 22.0 Å². The minimum atomic E-state index is -0.563. The quantitative estimate of drug-likeness (QED) is 0.717. The molecule has 126 valence electrons. The van der Waals surface area contributed by atoms with E-state index in [1.807, 2.05) is 31.2 Å². The first-order chi connectivity index (χ1) is 12.0. The highest BCUT2D eigenvalue weighted by molar-refractivity contribution is 5.95. The lowest BCUT2D eigenvalue weighted by Crippen LogP contribution is -2.11. The van der Waals surface area contributed by atoms with E-state index in [1.54, 1.807) is 0 Å². The van der Waals surface area contributed by atoms with E-state index in [0.29, 0.717) is 17.0 Å². The van der Waals surface area contributed by atoms with Gasteiger partial charge in [-0.25, -0.2) is 4.79 Å². The number of aryl methyl sites for hydroxylation is 1. The fourth-order valence-electron chi connectivity index (χ4n) is 2.23. The lowest BCUT2D eigenvalue weighted by Gasteiger charge is -2.02. The largest absolute Gasteiger partial charge is 0.452 e. The van der Waals surface area contributed by atoms with Gasteiger partial charge in [0.25, 0.3) is 5.89 Å². The SMILES string of the molecule is Cc1ccccc1-c1noc(COC(=O)c2ccc(C(N)=O)cc2)n1. The van der Waals surface area contributed by atoms with Crippen molar-refractivity contribution in [1.82, 2.24) is 10.1 Å². The zero-order valence-electron chi connectivity index (χ0n) is 13.4. The lowest BCUT2D eigenvalue weighted by molar-refractivity contribution is 0.0429. The maximum atomic E-state index is 12.0. The Labute approximate surface area is 143 Å². The molecule has 0 spiro atoms. The van der Waals surface area contributed by atoms with E-state index >= 15 is 0 Å². The molecular weight excluding hydrogens is 322 g/mol. The summed E-state index contributed by atoms with van der Waals surface area (Å²) in [4.78, 5) is 27.2. The molecule has 0 saturated heterocycles. The van der Waals surface area contributed by atoms with Gasteiger partial charge in [-0.05, 0) is 36.8 Å². The van der Waals surface area contributed by atoms with Crippen molar-refractivity contribution in [2.24, 2.45) is 5.73 Å². The molecule has 7 heteroatoms. The van der Waals surface area contributed by atoms with Crippen molar-refractivity contribution in [1.29, 1.82) is 0 Å². The molecule has 1 aromatic heterocycles. The smallest absolute Gasteiger partial charge is 0.338 e. The van der Waals surface area contributed by atoms with Crippen LogP contribution in [0, 0.1) is 6.92 Å². The van der Waals surface area contributed by atoms with Gasteiger partial charge in [-0.15, -0.1) is 0 Å². The van der Waals surface area contributed by atoms with Gasteiger partial charge in [0.2, 0.25) is 11.7 Å². The Morgan fingerprint density at radius 3 is 2.44 bits per heavy atom. The molecule has 7 nitrogen and oxygen atoms in total. The Hall–Kier alpha value is -3.48. The molecule has 0 aliphatic heterocycles. The Morgan fingerprint density at radius 1 is 1.08 bits per heavy atom. The molecule has 25 heavy (non-hydrogen) atoms. The molecule has 3 aromatic rings. The molecule has 1 amide bonds. The molecule has 0 aliphatic carbocycles. The summed E-state index contributed by atoms with van der Waals surface area (Å²) in [6.07, 6.45) is 0. The summed E-state index contributed by atoms with van der Waals surface area (Å²) in [7, 11) is 0. The summed E-state index contributed by atoms with van der Waals surface area (Å²) in [5.74, 6) is -0.489. The first kappa shape index (κ1) is 16.4.